The van der Waals surface area contributed by atoms with Crippen molar-refractivity contribution in [1.82, 2.24) is 4.98 Å². The highest BCUT2D eigenvalue weighted by atomic mass is 32.2. The summed E-state index contributed by atoms with van der Waals surface area (Å²) in [5.41, 5.74) is 2.26. The van der Waals surface area contributed by atoms with Gasteiger partial charge in [0.2, 0.25) is 0 Å². The standard InChI is InChI=1S/C24H26F2N2O4S/c1-15-22(2,3)19-8-16(21(29)10-23(4)13-33(30,31)14-23)6-7-20(19)28(15)17-9-18(12-27-11-17)32-24(5,25)26/h6-9,11-12H,1,10,13-14H2,2-5H3. The smallest absolute Gasteiger partial charge is 0.394 e. The number of hydrogen-bond donors (Lipinski definition) is 0. The van der Waals surface area contributed by atoms with Gasteiger partial charge in [0, 0.05) is 41.5 Å². The van der Waals surface area contributed by atoms with Crippen molar-refractivity contribution in [2.45, 2.75) is 45.6 Å². The van der Waals surface area contributed by atoms with Crippen molar-refractivity contribution < 1.29 is 26.7 Å². The van der Waals surface area contributed by atoms with Crippen molar-refractivity contribution in [3.05, 3.63) is 60.1 Å². The number of benzene rings is 1. The molecule has 0 aliphatic carbocycles. The summed E-state index contributed by atoms with van der Waals surface area (Å²) in [4.78, 5) is 18.8. The first-order chi connectivity index (χ1) is 15.1. The minimum atomic E-state index is -3.34. The van der Waals surface area contributed by atoms with Crippen molar-refractivity contribution in [3.8, 4) is 5.75 Å². The highest BCUT2D eigenvalue weighted by molar-refractivity contribution is 7.92. The molecule has 9 heteroatoms. The van der Waals surface area contributed by atoms with Gasteiger partial charge in [-0.25, -0.2) is 8.42 Å². The Balaban J connectivity index is 1.66. The quantitative estimate of drug-likeness (QED) is 0.545. The van der Waals surface area contributed by atoms with Crippen LogP contribution in [0.4, 0.5) is 20.2 Å². The molecule has 0 saturated carbocycles. The zero-order chi connectivity index (χ0) is 24.4. The van der Waals surface area contributed by atoms with E-state index in [1.165, 1.54) is 18.5 Å². The average Bonchev–Trinajstić information content (AvgIpc) is 2.84. The number of pyridine rings is 1. The summed E-state index contributed by atoms with van der Waals surface area (Å²) < 4.78 is 54.5. The van der Waals surface area contributed by atoms with Gasteiger partial charge in [0.15, 0.2) is 15.6 Å². The van der Waals surface area contributed by atoms with Crippen molar-refractivity contribution >= 4 is 27.0 Å². The monoisotopic (exact) mass is 476 g/mol. The lowest BCUT2D eigenvalue weighted by molar-refractivity contribution is -0.159. The van der Waals surface area contributed by atoms with Crippen LogP contribution >= 0.6 is 0 Å². The molecule has 0 radical (unpaired) electrons. The lowest BCUT2D eigenvalue weighted by Crippen LogP contribution is -2.47. The third kappa shape index (κ3) is 4.38. The zero-order valence-corrected chi connectivity index (χ0v) is 19.8. The van der Waals surface area contributed by atoms with Gasteiger partial charge >= 0.3 is 6.11 Å². The number of hydrogen-bond acceptors (Lipinski definition) is 6. The van der Waals surface area contributed by atoms with Crippen LogP contribution in [-0.4, -0.2) is 36.8 Å². The molecule has 2 aliphatic heterocycles. The first-order valence-electron chi connectivity index (χ1n) is 10.5. The molecule has 3 heterocycles. The number of Topliss-reactive ketones (excluding diaryl/α,β-unsaturated/α-hetero) is 1. The third-order valence-corrected chi connectivity index (χ3v) is 8.48. The molecule has 0 amide bonds. The second-order valence-electron chi connectivity index (χ2n) is 9.87. The largest absolute Gasteiger partial charge is 0.431 e. The Morgan fingerprint density at radius 2 is 1.88 bits per heavy atom. The predicted octanol–water partition coefficient (Wildman–Crippen LogP) is 5.02. The Kier molecular flexibility index (Phi) is 5.20. The highest BCUT2D eigenvalue weighted by Gasteiger charge is 2.46. The van der Waals surface area contributed by atoms with Crippen LogP contribution < -0.4 is 9.64 Å². The van der Waals surface area contributed by atoms with E-state index in [1.54, 1.807) is 12.1 Å². The van der Waals surface area contributed by atoms with E-state index in [0.29, 0.717) is 23.9 Å². The van der Waals surface area contributed by atoms with Gasteiger partial charge in [-0.1, -0.05) is 27.4 Å². The highest BCUT2D eigenvalue weighted by Crippen LogP contribution is 2.51. The number of rotatable bonds is 6. The number of carbonyl (C=O) groups excluding carboxylic acids is 1. The number of ketones is 1. The summed E-state index contributed by atoms with van der Waals surface area (Å²) in [5.74, 6) is -0.143. The van der Waals surface area contributed by atoms with Crippen LogP contribution in [0.3, 0.4) is 0 Å². The van der Waals surface area contributed by atoms with E-state index >= 15 is 0 Å². The molecule has 0 spiro atoms. The molecule has 176 valence electrons. The Labute approximate surface area is 192 Å². The SMILES string of the molecule is C=C1N(c2cncc(OC(C)(F)F)c2)c2ccc(C(=O)CC3(C)CS(=O)(=O)C3)cc2C1(C)C. The normalized spacial score (nSPS) is 20.2. The van der Waals surface area contributed by atoms with Crippen LogP contribution in [0.5, 0.6) is 5.75 Å². The fourth-order valence-electron chi connectivity index (χ4n) is 4.68. The maximum atomic E-state index is 13.3. The minimum absolute atomic E-state index is 0.0228. The number of aromatic nitrogens is 1. The van der Waals surface area contributed by atoms with Gasteiger partial charge in [0.25, 0.3) is 0 Å². The molecular weight excluding hydrogens is 450 g/mol. The second-order valence-corrected chi connectivity index (χ2v) is 11.9. The number of alkyl halides is 2. The Bertz CT molecular complexity index is 1250. The molecule has 1 fully saturated rings. The summed E-state index contributed by atoms with van der Waals surface area (Å²) in [5, 5.41) is 0. The number of sulfone groups is 1. The summed E-state index contributed by atoms with van der Waals surface area (Å²) >= 11 is 0. The summed E-state index contributed by atoms with van der Waals surface area (Å²) in [6.07, 6.45) is -0.432. The predicted molar refractivity (Wildman–Crippen MR) is 122 cm³/mol. The van der Waals surface area contributed by atoms with Crippen molar-refractivity contribution in [1.29, 1.82) is 0 Å². The first-order valence-corrected chi connectivity index (χ1v) is 12.3. The molecule has 0 unspecified atom stereocenters. The topological polar surface area (TPSA) is 76.6 Å². The zero-order valence-electron chi connectivity index (χ0n) is 19.0. The summed E-state index contributed by atoms with van der Waals surface area (Å²) in [7, 11) is -3.04. The lowest BCUT2D eigenvalue weighted by atomic mass is 9.82. The van der Waals surface area contributed by atoms with Crippen LogP contribution in [0, 0.1) is 5.41 Å². The summed E-state index contributed by atoms with van der Waals surface area (Å²) in [6, 6.07) is 6.78. The van der Waals surface area contributed by atoms with E-state index < -0.39 is 26.8 Å². The number of fused-ring (bicyclic) bond motifs is 1. The second kappa shape index (κ2) is 7.35. The fraction of sp³-hybridized carbons (Fsp3) is 0.417. The number of halogens is 2. The molecule has 33 heavy (non-hydrogen) atoms. The van der Waals surface area contributed by atoms with Gasteiger partial charge in [-0.2, -0.15) is 8.78 Å². The molecule has 1 aromatic carbocycles. The van der Waals surface area contributed by atoms with Crippen LogP contribution in [0.25, 0.3) is 0 Å². The molecule has 1 aromatic heterocycles. The maximum Gasteiger partial charge on any atom is 0.394 e. The van der Waals surface area contributed by atoms with Gasteiger partial charge in [0.1, 0.15) is 5.75 Å². The molecule has 1 saturated heterocycles. The molecular formula is C24H26F2N2O4S. The van der Waals surface area contributed by atoms with Crippen LogP contribution in [-0.2, 0) is 15.3 Å². The molecule has 0 atom stereocenters. The number of ether oxygens (including phenoxy) is 1. The number of anilines is 2. The van der Waals surface area contributed by atoms with Gasteiger partial charge in [-0.05, 0) is 23.8 Å². The lowest BCUT2D eigenvalue weighted by Gasteiger charge is -2.37. The molecule has 0 N–H and O–H groups in total. The van der Waals surface area contributed by atoms with Crippen LogP contribution in [0.1, 0.15) is 50.0 Å². The van der Waals surface area contributed by atoms with E-state index in [9.17, 15) is 22.0 Å². The van der Waals surface area contributed by atoms with Gasteiger partial charge in [0.05, 0.1) is 35.3 Å². The number of nitrogens with zero attached hydrogens (tertiary/aromatic N) is 2. The molecule has 4 rings (SSSR count). The van der Waals surface area contributed by atoms with Gasteiger partial charge < -0.3 is 9.64 Å². The van der Waals surface area contributed by atoms with E-state index in [1.807, 2.05) is 31.7 Å². The third-order valence-electron chi connectivity index (χ3n) is 6.20. The fourth-order valence-corrected chi connectivity index (χ4v) is 6.93. The molecule has 6 nitrogen and oxygen atoms in total. The first kappa shape index (κ1) is 23.4. The van der Waals surface area contributed by atoms with Crippen molar-refractivity contribution in [2.75, 3.05) is 16.4 Å². The van der Waals surface area contributed by atoms with Crippen molar-refractivity contribution in [3.63, 3.8) is 0 Å². The van der Waals surface area contributed by atoms with E-state index in [2.05, 4.69) is 16.3 Å². The van der Waals surface area contributed by atoms with Crippen LogP contribution in [0.15, 0.2) is 48.9 Å². The number of allylic oxidation sites excluding steroid dienone is 1. The minimum Gasteiger partial charge on any atom is -0.431 e. The summed E-state index contributed by atoms with van der Waals surface area (Å²) in [6.45, 7) is 10.6. The molecule has 0 bridgehead atoms. The average molecular weight is 477 g/mol. The Morgan fingerprint density at radius 1 is 1.21 bits per heavy atom. The van der Waals surface area contributed by atoms with Gasteiger partial charge in [-0.15, -0.1) is 0 Å². The van der Waals surface area contributed by atoms with Crippen molar-refractivity contribution in [2.24, 2.45) is 5.41 Å². The molecule has 2 aliphatic rings. The Morgan fingerprint density at radius 3 is 2.48 bits per heavy atom. The van der Waals surface area contributed by atoms with E-state index in [0.717, 1.165) is 11.3 Å². The Hall–Kier alpha value is -2.81. The van der Waals surface area contributed by atoms with Gasteiger partial charge in [-0.3, -0.25) is 9.78 Å². The van der Waals surface area contributed by atoms with Crippen LogP contribution in [0.2, 0.25) is 0 Å². The van der Waals surface area contributed by atoms with E-state index in [-0.39, 0.29) is 29.5 Å². The van der Waals surface area contributed by atoms with E-state index in [4.69, 9.17) is 0 Å². The molecule has 2 aromatic rings. The maximum absolute atomic E-state index is 13.3. The number of carbonyl (C=O) groups is 1.